The maximum absolute atomic E-state index is 13.3. The summed E-state index contributed by atoms with van der Waals surface area (Å²) in [4.78, 5) is 14.8. The summed E-state index contributed by atoms with van der Waals surface area (Å²) < 4.78 is 5.95. The largest absolute Gasteiger partial charge is 0.493 e. The van der Waals surface area contributed by atoms with Gasteiger partial charge in [0.2, 0.25) is 0 Å². The van der Waals surface area contributed by atoms with Crippen molar-refractivity contribution in [1.82, 2.24) is 4.90 Å². The Labute approximate surface area is 191 Å². The van der Waals surface area contributed by atoms with E-state index < -0.39 is 6.23 Å². The van der Waals surface area contributed by atoms with Crippen molar-refractivity contribution < 1.29 is 14.6 Å². The van der Waals surface area contributed by atoms with E-state index in [0.29, 0.717) is 29.1 Å². The second-order valence-electron chi connectivity index (χ2n) is 7.97. The highest BCUT2D eigenvalue weighted by atomic mass is 16.5. The molecule has 32 heavy (non-hydrogen) atoms. The van der Waals surface area contributed by atoms with E-state index >= 15 is 0 Å². The molecule has 0 aliphatic heterocycles. The monoisotopic (exact) mass is 437 g/mol. The van der Waals surface area contributed by atoms with Crippen LogP contribution < -0.4 is 10.5 Å². The molecule has 0 saturated heterocycles. The van der Waals surface area contributed by atoms with Crippen molar-refractivity contribution in [3.8, 4) is 5.75 Å². The standard InChI is InChI=1S/C26H35N3O3/c1-4-5-6-9-16-32-24-11-8-7-10-23(24)26(31)29(19(2)3)25(30)21-14-12-20(13-15-21)22(17-27)18-28/h7-8,10-15,17-19,26-27,31H,4-6,9,16,28H2,1-3H3. The first-order valence-electron chi connectivity index (χ1n) is 11.2. The number of carbonyl (C=O) groups excluding carboxylic acids is 1. The van der Waals surface area contributed by atoms with Gasteiger partial charge in [0.05, 0.1) is 6.61 Å². The first-order valence-corrected chi connectivity index (χ1v) is 11.2. The molecule has 172 valence electrons. The molecule has 1 unspecified atom stereocenters. The number of benzene rings is 2. The van der Waals surface area contributed by atoms with Gasteiger partial charge < -0.3 is 25.9 Å². The van der Waals surface area contributed by atoms with Crippen molar-refractivity contribution in [1.29, 1.82) is 5.41 Å². The van der Waals surface area contributed by atoms with Crippen LogP contribution in [0.4, 0.5) is 0 Å². The molecule has 0 aliphatic carbocycles. The van der Waals surface area contributed by atoms with Gasteiger partial charge >= 0.3 is 0 Å². The fourth-order valence-corrected chi connectivity index (χ4v) is 3.50. The third-order valence-corrected chi connectivity index (χ3v) is 5.31. The van der Waals surface area contributed by atoms with E-state index in [0.717, 1.165) is 24.8 Å². The van der Waals surface area contributed by atoms with Crippen LogP contribution in [0.3, 0.4) is 0 Å². The molecule has 2 aromatic carbocycles. The number of hydrogen-bond donors (Lipinski definition) is 3. The Balaban J connectivity index is 2.23. The van der Waals surface area contributed by atoms with Gasteiger partial charge in [-0.15, -0.1) is 0 Å². The number of rotatable bonds is 12. The Morgan fingerprint density at radius 2 is 1.75 bits per heavy atom. The van der Waals surface area contributed by atoms with Crippen LogP contribution in [0, 0.1) is 5.41 Å². The topological polar surface area (TPSA) is 99.6 Å². The highest BCUT2D eigenvalue weighted by Crippen LogP contribution is 2.30. The number of hydrogen-bond acceptors (Lipinski definition) is 5. The zero-order chi connectivity index (χ0) is 23.5. The predicted octanol–water partition coefficient (Wildman–Crippen LogP) is 5.14. The van der Waals surface area contributed by atoms with E-state index in [1.807, 2.05) is 32.0 Å². The quantitative estimate of drug-likeness (QED) is 0.243. The number of unbranched alkanes of at least 4 members (excludes halogenated alkanes) is 3. The van der Waals surface area contributed by atoms with Crippen LogP contribution in [0.25, 0.3) is 5.57 Å². The zero-order valence-corrected chi connectivity index (χ0v) is 19.3. The highest BCUT2D eigenvalue weighted by molar-refractivity contribution is 6.08. The van der Waals surface area contributed by atoms with Gasteiger partial charge in [0.15, 0.2) is 6.23 Å². The number of nitrogens with zero attached hydrogens (tertiary/aromatic N) is 1. The number of nitrogens with one attached hydrogen (secondary N) is 1. The Bertz CT molecular complexity index is 907. The minimum Gasteiger partial charge on any atom is -0.493 e. The van der Waals surface area contributed by atoms with Gasteiger partial charge in [0.25, 0.3) is 5.91 Å². The van der Waals surface area contributed by atoms with Gasteiger partial charge in [-0.05, 0) is 44.0 Å². The predicted molar refractivity (Wildman–Crippen MR) is 130 cm³/mol. The van der Waals surface area contributed by atoms with Crippen LogP contribution in [0.15, 0.2) is 54.7 Å². The van der Waals surface area contributed by atoms with Crippen molar-refractivity contribution in [2.45, 2.75) is 58.7 Å². The molecular weight excluding hydrogens is 402 g/mol. The van der Waals surface area contributed by atoms with Crippen LogP contribution in [0.2, 0.25) is 0 Å². The van der Waals surface area contributed by atoms with E-state index in [4.69, 9.17) is 15.9 Å². The number of ether oxygens (including phenoxy) is 1. The van der Waals surface area contributed by atoms with Crippen molar-refractivity contribution >= 4 is 17.7 Å². The molecule has 0 fully saturated rings. The molecular formula is C26H35N3O3. The summed E-state index contributed by atoms with van der Waals surface area (Å²) in [6, 6.07) is 13.9. The third-order valence-electron chi connectivity index (χ3n) is 5.31. The molecule has 2 aromatic rings. The van der Waals surface area contributed by atoms with Crippen molar-refractivity contribution in [2.24, 2.45) is 5.73 Å². The molecule has 0 aliphatic rings. The number of carbonyl (C=O) groups is 1. The lowest BCUT2D eigenvalue weighted by atomic mass is 10.0. The summed E-state index contributed by atoms with van der Waals surface area (Å²) >= 11 is 0. The van der Waals surface area contributed by atoms with E-state index in [-0.39, 0.29) is 11.9 Å². The van der Waals surface area contributed by atoms with E-state index in [2.05, 4.69) is 6.92 Å². The second-order valence-corrected chi connectivity index (χ2v) is 7.97. The molecule has 6 heteroatoms. The summed E-state index contributed by atoms with van der Waals surface area (Å²) in [7, 11) is 0. The molecule has 0 spiro atoms. The average Bonchev–Trinajstić information content (AvgIpc) is 2.80. The first-order chi connectivity index (χ1) is 15.4. The Morgan fingerprint density at radius 1 is 1.09 bits per heavy atom. The molecule has 0 bridgehead atoms. The Hall–Kier alpha value is -3.12. The number of para-hydroxylation sites is 1. The molecule has 1 amide bonds. The van der Waals surface area contributed by atoms with Crippen LogP contribution in [0.1, 0.15) is 74.2 Å². The van der Waals surface area contributed by atoms with E-state index in [1.165, 1.54) is 23.7 Å². The van der Waals surface area contributed by atoms with E-state index in [9.17, 15) is 9.90 Å². The number of nitrogens with two attached hydrogens (primary N) is 1. The fourth-order valence-electron chi connectivity index (χ4n) is 3.50. The van der Waals surface area contributed by atoms with Crippen LogP contribution in [-0.2, 0) is 0 Å². The maximum Gasteiger partial charge on any atom is 0.256 e. The van der Waals surface area contributed by atoms with Gasteiger partial charge in [-0.1, -0.05) is 56.5 Å². The summed E-state index contributed by atoms with van der Waals surface area (Å²) in [5.41, 5.74) is 7.87. The van der Waals surface area contributed by atoms with Gasteiger partial charge in [-0.3, -0.25) is 4.79 Å². The smallest absolute Gasteiger partial charge is 0.256 e. The molecule has 6 nitrogen and oxygen atoms in total. The summed E-state index contributed by atoms with van der Waals surface area (Å²) in [5.74, 6) is 0.305. The van der Waals surface area contributed by atoms with Gasteiger partial charge in [-0.25, -0.2) is 0 Å². The van der Waals surface area contributed by atoms with Crippen LogP contribution in [0.5, 0.6) is 5.75 Å². The lowest BCUT2D eigenvalue weighted by Crippen LogP contribution is -2.40. The van der Waals surface area contributed by atoms with Crippen molar-refractivity contribution in [3.63, 3.8) is 0 Å². The summed E-state index contributed by atoms with van der Waals surface area (Å²) in [5, 5.41) is 18.6. The van der Waals surface area contributed by atoms with Crippen molar-refractivity contribution in [3.05, 3.63) is 71.4 Å². The normalized spacial score (nSPS) is 12.5. The van der Waals surface area contributed by atoms with Gasteiger partial charge in [0.1, 0.15) is 5.75 Å². The number of aliphatic hydroxyl groups excluding tert-OH is 1. The van der Waals surface area contributed by atoms with Gasteiger partial charge in [-0.2, -0.15) is 0 Å². The number of aliphatic hydroxyl groups is 1. The molecule has 0 radical (unpaired) electrons. The molecule has 2 rings (SSSR count). The maximum atomic E-state index is 13.3. The molecule has 4 N–H and O–H groups in total. The lowest BCUT2D eigenvalue weighted by molar-refractivity contribution is -0.00891. The Morgan fingerprint density at radius 3 is 2.34 bits per heavy atom. The van der Waals surface area contributed by atoms with E-state index in [1.54, 1.807) is 30.3 Å². The number of allylic oxidation sites excluding steroid dienone is 1. The third kappa shape index (κ3) is 6.44. The Kier molecular flexibility index (Phi) is 9.95. The molecule has 1 atom stereocenters. The summed E-state index contributed by atoms with van der Waals surface area (Å²) in [6.07, 6.45) is 5.76. The molecule has 0 aromatic heterocycles. The zero-order valence-electron chi connectivity index (χ0n) is 19.3. The van der Waals surface area contributed by atoms with Crippen LogP contribution in [-0.4, -0.2) is 34.8 Å². The van der Waals surface area contributed by atoms with Crippen molar-refractivity contribution in [2.75, 3.05) is 6.61 Å². The molecule has 0 heterocycles. The second kappa shape index (κ2) is 12.7. The highest BCUT2D eigenvalue weighted by Gasteiger charge is 2.28. The minimum atomic E-state index is -1.14. The summed E-state index contributed by atoms with van der Waals surface area (Å²) in [6.45, 7) is 6.48. The first kappa shape index (κ1) is 25.1. The SMILES string of the molecule is CCCCCCOc1ccccc1C(O)N(C(=O)c1ccc(C(C=N)=CN)cc1)C(C)C. The van der Waals surface area contributed by atoms with Crippen LogP contribution >= 0.6 is 0 Å². The van der Waals surface area contributed by atoms with Gasteiger partial charge in [0, 0.05) is 35.2 Å². The number of amides is 1. The average molecular weight is 438 g/mol. The minimum absolute atomic E-state index is 0.240. The fraction of sp³-hybridized carbons (Fsp3) is 0.385. The lowest BCUT2D eigenvalue weighted by Gasteiger charge is -2.32. The molecule has 0 saturated carbocycles.